The summed E-state index contributed by atoms with van der Waals surface area (Å²) in [6, 6.07) is 21.2. The minimum absolute atomic E-state index is 0.256. The van der Waals surface area contributed by atoms with E-state index in [2.05, 4.69) is 15.3 Å². The highest BCUT2D eigenvalue weighted by atomic mass is 32.2. The standard InChI is InChI=1S/C19H15N5O2S/c20-23-22-16-10-6-9-15(13-16)21-19(25)18(14-7-2-1-3-8-14)27-17-11-4-5-12-24(17)26/h1-13,18H,(H-,21,25,26)/p+1. The van der Waals surface area contributed by atoms with Crippen LogP contribution in [0.2, 0.25) is 0 Å². The second-order valence-electron chi connectivity index (χ2n) is 5.52. The van der Waals surface area contributed by atoms with Crippen LogP contribution in [0.1, 0.15) is 10.8 Å². The first kappa shape index (κ1) is 18.3. The van der Waals surface area contributed by atoms with E-state index >= 15 is 0 Å². The van der Waals surface area contributed by atoms with Gasteiger partial charge in [-0.25, -0.2) is 0 Å². The fraction of sp³-hybridized carbons (Fsp3) is 0.0526. The number of anilines is 1. The number of rotatable bonds is 6. The van der Waals surface area contributed by atoms with Gasteiger partial charge in [-0.05, 0) is 41.1 Å². The number of azide groups is 1. The first-order valence-corrected chi connectivity index (χ1v) is 8.93. The van der Waals surface area contributed by atoms with Crippen LogP contribution in [-0.2, 0) is 4.79 Å². The van der Waals surface area contributed by atoms with Crippen LogP contribution in [0.25, 0.3) is 10.4 Å². The zero-order valence-electron chi connectivity index (χ0n) is 14.1. The van der Waals surface area contributed by atoms with Crippen LogP contribution in [0.15, 0.2) is 89.1 Å². The Balaban J connectivity index is 1.88. The van der Waals surface area contributed by atoms with E-state index in [0.717, 1.165) is 10.3 Å². The van der Waals surface area contributed by atoms with E-state index in [0.29, 0.717) is 16.4 Å². The molecule has 2 aromatic carbocycles. The molecule has 3 aromatic rings. The van der Waals surface area contributed by atoms with Crippen LogP contribution >= 0.6 is 11.8 Å². The van der Waals surface area contributed by atoms with E-state index in [-0.39, 0.29) is 5.91 Å². The number of pyridine rings is 1. The average molecular weight is 378 g/mol. The highest BCUT2D eigenvalue weighted by Gasteiger charge is 2.26. The number of nitrogens with one attached hydrogen (secondary N) is 1. The lowest BCUT2D eigenvalue weighted by Crippen LogP contribution is -2.32. The third kappa shape index (κ3) is 4.78. The molecule has 0 saturated carbocycles. The minimum atomic E-state index is -0.588. The van der Waals surface area contributed by atoms with Crippen molar-refractivity contribution in [1.29, 1.82) is 0 Å². The molecule has 1 unspecified atom stereocenters. The second kappa shape index (κ2) is 8.75. The summed E-state index contributed by atoms with van der Waals surface area (Å²) in [7, 11) is 0. The Hall–Kier alpha value is -3.48. The summed E-state index contributed by atoms with van der Waals surface area (Å²) in [5.41, 5.74) is 10.3. The van der Waals surface area contributed by atoms with Gasteiger partial charge in [-0.3, -0.25) is 10.0 Å². The maximum Gasteiger partial charge on any atom is 0.292 e. The van der Waals surface area contributed by atoms with E-state index in [4.69, 9.17) is 5.53 Å². The molecule has 0 radical (unpaired) electrons. The lowest BCUT2D eigenvalue weighted by Gasteiger charge is -2.15. The third-order valence-electron chi connectivity index (χ3n) is 3.66. The van der Waals surface area contributed by atoms with Crippen molar-refractivity contribution in [3.05, 3.63) is 95.0 Å². The van der Waals surface area contributed by atoms with E-state index < -0.39 is 5.25 Å². The first-order valence-electron chi connectivity index (χ1n) is 8.05. The van der Waals surface area contributed by atoms with Gasteiger partial charge < -0.3 is 5.32 Å². The smallest absolute Gasteiger partial charge is 0.292 e. The second-order valence-corrected chi connectivity index (χ2v) is 6.65. The molecule has 1 amide bonds. The van der Waals surface area contributed by atoms with Crippen molar-refractivity contribution in [2.24, 2.45) is 5.11 Å². The molecule has 7 nitrogen and oxygen atoms in total. The number of aromatic nitrogens is 1. The predicted octanol–water partition coefficient (Wildman–Crippen LogP) is 4.63. The van der Waals surface area contributed by atoms with Crippen molar-refractivity contribution in [3.8, 4) is 0 Å². The van der Waals surface area contributed by atoms with Crippen molar-refractivity contribution in [2.75, 3.05) is 5.32 Å². The molecule has 0 aliphatic rings. The van der Waals surface area contributed by atoms with Gasteiger partial charge >= 0.3 is 0 Å². The Labute approximate surface area is 159 Å². The molecule has 1 atom stereocenters. The van der Waals surface area contributed by atoms with Crippen molar-refractivity contribution in [1.82, 2.24) is 0 Å². The zero-order chi connectivity index (χ0) is 19.1. The largest absolute Gasteiger partial charge is 0.325 e. The van der Waals surface area contributed by atoms with E-state index in [9.17, 15) is 10.0 Å². The summed E-state index contributed by atoms with van der Waals surface area (Å²) in [5.74, 6) is -0.256. The number of hydrogen-bond acceptors (Lipinski definition) is 4. The van der Waals surface area contributed by atoms with E-state index in [1.165, 1.54) is 18.0 Å². The molecule has 134 valence electrons. The fourth-order valence-electron chi connectivity index (χ4n) is 2.44. The van der Waals surface area contributed by atoms with Gasteiger partial charge in [0.15, 0.2) is 0 Å². The van der Waals surface area contributed by atoms with Crippen LogP contribution in [0.5, 0.6) is 0 Å². The zero-order valence-corrected chi connectivity index (χ0v) is 15.0. The average Bonchev–Trinajstić information content (AvgIpc) is 2.68. The Morgan fingerprint density at radius 2 is 1.89 bits per heavy atom. The van der Waals surface area contributed by atoms with Crippen molar-refractivity contribution in [3.63, 3.8) is 0 Å². The van der Waals surface area contributed by atoms with E-state index in [1.807, 2.05) is 30.3 Å². The normalized spacial score (nSPS) is 11.3. The topological polar surface area (TPSA) is 102 Å². The maximum absolute atomic E-state index is 13.0. The number of nitrogens with zero attached hydrogens (tertiary/aromatic N) is 4. The van der Waals surface area contributed by atoms with Crippen LogP contribution in [0.3, 0.4) is 0 Å². The molecular weight excluding hydrogens is 362 g/mol. The molecule has 0 bridgehead atoms. The highest BCUT2D eigenvalue weighted by Crippen LogP contribution is 2.34. The number of amides is 1. The molecule has 0 aliphatic carbocycles. The summed E-state index contributed by atoms with van der Waals surface area (Å²) in [5, 5.41) is 16.3. The molecule has 2 N–H and O–H groups in total. The maximum atomic E-state index is 13.0. The lowest BCUT2D eigenvalue weighted by atomic mass is 10.1. The first-order chi connectivity index (χ1) is 13.2. The fourth-order valence-corrected chi connectivity index (χ4v) is 3.47. The summed E-state index contributed by atoms with van der Waals surface area (Å²) >= 11 is 1.23. The predicted molar refractivity (Wildman–Crippen MR) is 103 cm³/mol. The van der Waals surface area contributed by atoms with Gasteiger partial charge in [0.2, 0.25) is 12.1 Å². The van der Waals surface area contributed by atoms with Gasteiger partial charge in [-0.1, -0.05) is 47.6 Å². The summed E-state index contributed by atoms with van der Waals surface area (Å²) < 4.78 is 0.982. The molecule has 27 heavy (non-hydrogen) atoms. The molecule has 8 heteroatoms. The molecule has 0 spiro atoms. The Bertz CT molecular complexity index is 990. The Morgan fingerprint density at radius 3 is 2.63 bits per heavy atom. The molecular formula is C19H16N5O2S+. The quantitative estimate of drug-likeness (QED) is 0.163. The SMILES string of the molecule is [N-]=[N+]=Nc1cccc(NC(=O)C(Sc2cccc[n+]2O)c2ccccc2)c1. The third-order valence-corrected chi connectivity index (χ3v) is 4.94. The molecule has 3 rings (SSSR count). The number of carbonyl (C=O) groups is 1. The van der Waals surface area contributed by atoms with Crippen LogP contribution in [-0.4, -0.2) is 11.1 Å². The van der Waals surface area contributed by atoms with Crippen LogP contribution < -0.4 is 10.0 Å². The number of benzene rings is 2. The van der Waals surface area contributed by atoms with Gasteiger partial charge in [0.05, 0.1) is 0 Å². The molecule has 1 heterocycles. The molecule has 0 aliphatic heterocycles. The lowest BCUT2D eigenvalue weighted by molar-refractivity contribution is -0.932. The number of thioether (sulfide) groups is 1. The van der Waals surface area contributed by atoms with E-state index in [1.54, 1.807) is 42.5 Å². The molecule has 0 saturated heterocycles. The van der Waals surface area contributed by atoms with Crippen LogP contribution in [0, 0.1) is 0 Å². The summed E-state index contributed by atoms with van der Waals surface area (Å²) in [6.45, 7) is 0. The number of carbonyl (C=O) groups excluding carboxylic acids is 1. The van der Waals surface area contributed by atoms with Crippen molar-refractivity contribution >= 4 is 29.0 Å². The molecule has 0 fully saturated rings. The Morgan fingerprint density at radius 1 is 1.11 bits per heavy atom. The minimum Gasteiger partial charge on any atom is -0.325 e. The van der Waals surface area contributed by atoms with Gasteiger partial charge in [0.25, 0.3) is 5.03 Å². The summed E-state index contributed by atoms with van der Waals surface area (Å²) in [4.78, 5) is 15.7. The van der Waals surface area contributed by atoms with Gasteiger partial charge in [-0.2, -0.15) is 0 Å². The van der Waals surface area contributed by atoms with Gasteiger partial charge in [0, 0.05) is 33.1 Å². The van der Waals surface area contributed by atoms with Gasteiger partial charge in [-0.15, -0.1) is 0 Å². The van der Waals surface area contributed by atoms with Gasteiger partial charge in [0.1, 0.15) is 5.25 Å². The van der Waals surface area contributed by atoms with Crippen molar-refractivity contribution in [2.45, 2.75) is 10.3 Å². The van der Waals surface area contributed by atoms with Crippen LogP contribution in [0.4, 0.5) is 11.4 Å². The monoisotopic (exact) mass is 378 g/mol. The van der Waals surface area contributed by atoms with Crippen molar-refractivity contribution < 1.29 is 14.7 Å². The summed E-state index contributed by atoms with van der Waals surface area (Å²) in [6.07, 6.45) is 1.51. The Kier molecular flexibility index (Phi) is 5.94. The molecule has 1 aromatic heterocycles. The highest BCUT2D eigenvalue weighted by molar-refractivity contribution is 8.00. The number of hydrogen-bond donors (Lipinski definition) is 2.